The van der Waals surface area contributed by atoms with Crippen molar-refractivity contribution in [3.8, 4) is 11.5 Å². The minimum Gasteiger partial charge on any atom is -0.490 e. The molecule has 3 heterocycles. The molecule has 2 aromatic heterocycles. The number of aromatic nitrogens is 2. The maximum Gasteiger partial charge on any atom is 0.297 e. The zero-order valence-electron chi connectivity index (χ0n) is 18.1. The highest BCUT2D eigenvalue weighted by Gasteiger charge is 2.45. The van der Waals surface area contributed by atoms with Crippen molar-refractivity contribution in [2.24, 2.45) is 0 Å². The third-order valence-corrected chi connectivity index (χ3v) is 6.07. The van der Waals surface area contributed by atoms with Gasteiger partial charge in [-0.25, -0.2) is 0 Å². The summed E-state index contributed by atoms with van der Waals surface area (Å²) in [4.78, 5) is 28.5. The second-order valence-corrected chi connectivity index (χ2v) is 8.27. The Morgan fingerprint density at radius 3 is 2.70 bits per heavy atom. The van der Waals surface area contributed by atoms with Crippen molar-refractivity contribution >= 4 is 33.3 Å². The van der Waals surface area contributed by atoms with Crippen LogP contribution < -0.4 is 19.8 Å². The Balaban J connectivity index is 1.73. The van der Waals surface area contributed by atoms with E-state index in [9.17, 15) is 9.59 Å². The van der Waals surface area contributed by atoms with Crippen LogP contribution in [0.15, 0.2) is 57.2 Å². The van der Waals surface area contributed by atoms with E-state index in [1.807, 2.05) is 26.0 Å². The third-order valence-electron chi connectivity index (χ3n) is 5.38. The van der Waals surface area contributed by atoms with Gasteiger partial charge in [0.05, 0.1) is 30.2 Å². The summed E-state index contributed by atoms with van der Waals surface area (Å²) in [6.45, 7) is 4.91. The van der Waals surface area contributed by atoms with Gasteiger partial charge in [-0.2, -0.15) is 0 Å². The van der Waals surface area contributed by atoms with E-state index in [0.29, 0.717) is 46.4 Å². The molecule has 4 aromatic rings. The van der Waals surface area contributed by atoms with Gasteiger partial charge in [-0.1, -0.05) is 36.5 Å². The molecule has 1 aliphatic heterocycles. The molecule has 8 nitrogen and oxygen atoms in total. The number of anilines is 1. The summed E-state index contributed by atoms with van der Waals surface area (Å²) in [6, 6.07) is 11.6. The van der Waals surface area contributed by atoms with Crippen molar-refractivity contribution in [2.75, 3.05) is 18.1 Å². The number of rotatable bonds is 7. The van der Waals surface area contributed by atoms with E-state index >= 15 is 0 Å². The lowest BCUT2D eigenvalue weighted by Gasteiger charge is -2.23. The molecule has 33 heavy (non-hydrogen) atoms. The molecule has 0 saturated heterocycles. The summed E-state index contributed by atoms with van der Waals surface area (Å²) in [7, 11) is 0. The second kappa shape index (κ2) is 8.67. The quantitative estimate of drug-likeness (QED) is 0.396. The van der Waals surface area contributed by atoms with E-state index in [4.69, 9.17) is 13.9 Å². The van der Waals surface area contributed by atoms with Crippen molar-refractivity contribution in [3.63, 3.8) is 0 Å². The van der Waals surface area contributed by atoms with E-state index in [1.165, 1.54) is 16.2 Å². The van der Waals surface area contributed by atoms with Gasteiger partial charge in [0.1, 0.15) is 11.1 Å². The Morgan fingerprint density at radius 2 is 1.94 bits per heavy atom. The fraction of sp³-hybridized carbons (Fsp3) is 0.250. The van der Waals surface area contributed by atoms with E-state index in [0.717, 1.165) is 6.42 Å². The van der Waals surface area contributed by atoms with Gasteiger partial charge < -0.3 is 13.9 Å². The van der Waals surface area contributed by atoms with Crippen molar-refractivity contribution in [2.45, 2.75) is 26.3 Å². The SMILES string of the molecule is CCCOc1ccc([C@H]2c3c(oc4ccccc4c3=O)C(=O)N2c2nncs2)cc1OCC. The molecular weight excluding hydrogens is 442 g/mol. The minimum atomic E-state index is -0.735. The summed E-state index contributed by atoms with van der Waals surface area (Å²) in [5.74, 6) is 0.744. The van der Waals surface area contributed by atoms with E-state index in [-0.39, 0.29) is 16.8 Å². The fourth-order valence-electron chi connectivity index (χ4n) is 4.00. The Bertz CT molecular complexity index is 1380. The highest BCUT2D eigenvalue weighted by atomic mass is 32.1. The molecule has 9 heteroatoms. The zero-order chi connectivity index (χ0) is 22.9. The molecule has 0 radical (unpaired) electrons. The van der Waals surface area contributed by atoms with Crippen LogP contribution >= 0.6 is 11.3 Å². The van der Waals surface area contributed by atoms with E-state index in [2.05, 4.69) is 10.2 Å². The normalized spacial score (nSPS) is 15.2. The lowest BCUT2D eigenvalue weighted by molar-refractivity contribution is 0.0970. The number of nitrogens with zero attached hydrogens (tertiary/aromatic N) is 3. The summed E-state index contributed by atoms with van der Waals surface area (Å²) in [5.41, 5.74) is 2.62. The molecule has 0 fully saturated rings. The average Bonchev–Trinajstić information content (AvgIpc) is 3.45. The number of hydrogen-bond donors (Lipinski definition) is 0. The molecule has 0 aliphatic carbocycles. The molecule has 1 atom stereocenters. The summed E-state index contributed by atoms with van der Waals surface area (Å²) in [5, 5.41) is 8.78. The van der Waals surface area contributed by atoms with Crippen molar-refractivity contribution in [1.29, 1.82) is 0 Å². The van der Waals surface area contributed by atoms with Gasteiger partial charge in [0.15, 0.2) is 16.9 Å². The minimum absolute atomic E-state index is 0.0168. The number of benzene rings is 2. The van der Waals surface area contributed by atoms with Gasteiger partial charge in [0.2, 0.25) is 10.9 Å². The standard InChI is InChI=1S/C24H21N3O5S/c1-3-11-31-17-10-9-14(12-18(17)30-4-2)20-19-21(28)15-7-5-6-8-16(15)32-22(19)23(29)27(20)24-26-25-13-33-24/h5-10,12-13,20H,3-4,11H2,1-2H3/t20-/m0/s1. The molecule has 0 saturated carbocycles. The third kappa shape index (κ3) is 3.54. The first-order valence-corrected chi connectivity index (χ1v) is 11.6. The van der Waals surface area contributed by atoms with Crippen LogP contribution in [0.1, 0.15) is 48.0 Å². The Labute approximate surface area is 193 Å². The number of carbonyl (C=O) groups is 1. The number of para-hydroxylation sites is 1. The maximum absolute atomic E-state index is 13.6. The topological polar surface area (TPSA) is 94.8 Å². The van der Waals surface area contributed by atoms with Gasteiger partial charge in [-0.05, 0) is 43.2 Å². The second-order valence-electron chi connectivity index (χ2n) is 7.46. The molecule has 1 aliphatic rings. The zero-order valence-corrected chi connectivity index (χ0v) is 18.9. The number of amides is 1. The van der Waals surface area contributed by atoms with Crippen LogP contribution in [0, 0.1) is 0 Å². The van der Waals surface area contributed by atoms with Gasteiger partial charge >= 0.3 is 0 Å². The van der Waals surface area contributed by atoms with Crippen LogP contribution in [0.2, 0.25) is 0 Å². The predicted octanol–water partition coefficient (Wildman–Crippen LogP) is 4.58. The molecule has 0 N–H and O–H groups in total. The first-order valence-electron chi connectivity index (χ1n) is 10.7. The lowest BCUT2D eigenvalue weighted by Crippen LogP contribution is -2.29. The Morgan fingerprint density at radius 1 is 1.09 bits per heavy atom. The molecule has 1 amide bonds. The molecular formula is C24H21N3O5S. The van der Waals surface area contributed by atoms with Crippen LogP contribution in [0.4, 0.5) is 5.13 Å². The molecule has 2 aromatic carbocycles. The first-order chi connectivity index (χ1) is 16.1. The van der Waals surface area contributed by atoms with Crippen LogP contribution in [-0.2, 0) is 0 Å². The van der Waals surface area contributed by atoms with Crippen molar-refractivity contribution in [3.05, 3.63) is 75.1 Å². The van der Waals surface area contributed by atoms with Gasteiger partial charge in [0.25, 0.3) is 5.91 Å². The number of fused-ring (bicyclic) bond motifs is 2. The van der Waals surface area contributed by atoms with E-state index < -0.39 is 11.9 Å². The fourth-order valence-corrected chi connectivity index (χ4v) is 4.58. The van der Waals surface area contributed by atoms with Crippen LogP contribution in [-0.4, -0.2) is 29.3 Å². The lowest BCUT2D eigenvalue weighted by atomic mass is 9.98. The average molecular weight is 464 g/mol. The Hall–Kier alpha value is -3.72. The Kier molecular flexibility index (Phi) is 5.55. The number of hydrogen-bond acceptors (Lipinski definition) is 8. The number of ether oxygens (including phenoxy) is 2. The smallest absolute Gasteiger partial charge is 0.297 e. The van der Waals surface area contributed by atoms with Crippen LogP contribution in [0.3, 0.4) is 0 Å². The highest BCUT2D eigenvalue weighted by molar-refractivity contribution is 7.13. The molecule has 0 bridgehead atoms. The largest absolute Gasteiger partial charge is 0.490 e. The summed E-state index contributed by atoms with van der Waals surface area (Å²) >= 11 is 1.22. The van der Waals surface area contributed by atoms with Gasteiger partial charge in [-0.15, -0.1) is 10.2 Å². The van der Waals surface area contributed by atoms with Crippen LogP contribution in [0.25, 0.3) is 11.0 Å². The first kappa shape index (κ1) is 21.1. The molecule has 0 spiro atoms. The molecule has 0 unspecified atom stereocenters. The van der Waals surface area contributed by atoms with Crippen LogP contribution in [0.5, 0.6) is 11.5 Å². The molecule has 168 valence electrons. The summed E-state index contributed by atoms with van der Waals surface area (Å²) in [6.07, 6.45) is 0.858. The van der Waals surface area contributed by atoms with Gasteiger partial charge in [0, 0.05) is 0 Å². The maximum atomic E-state index is 13.6. The predicted molar refractivity (Wildman–Crippen MR) is 124 cm³/mol. The van der Waals surface area contributed by atoms with Crippen molar-refractivity contribution in [1.82, 2.24) is 10.2 Å². The molecule has 5 rings (SSSR count). The van der Waals surface area contributed by atoms with Crippen molar-refractivity contribution < 1.29 is 18.7 Å². The monoisotopic (exact) mass is 463 g/mol. The van der Waals surface area contributed by atoms with E-state index in [1.54, 1.807) is 35.8 Å². The number of carbonyl (C=O) groups excluding carboxylic acids is 1. The van der Waals surface area contributed by atoms with Gasteiger partial charge in [-0.3, -0.25) is 14.5 Å². The summed E-state index contributed by atoms with van der Waals surface area (Å²) < 4.78 is 17.6. The highest BCUT2D eigenvalue weighted by Crippen LogP contribution is 2.43.